The predicted octanol–water partition coefficient (Wildman–Crippen LogP) is 3.75. The number of carbonyl (C=O) groups is 2. The summed E-state index contributed by atoms with van der Waals surface area (Å²) in [7, 11) is 0. The van der Waals surface area contributed by atoms with Gasteiger partial charge in [-0.1, -0.05) is 35.4 Å². The highest BCUT2D eigenvalue weighted by Crippen LogP contribution is 2.22. The van der Waals surface area contributed by atoms with Crippen molar-refractivity contribution in [2.24, 2.45) is 0 Å². The molecule has 0 aliphatic rings. The summed E-state index contributed by atoms with van der Waals surface area (Å²) < 4.78 is 4.99. The Hall–Kier alpha value is -2.33. The van der Waals surface area contributed by atoms with E-state index in [-0.39, 0.29) is 6.61 Å². The Balaban J connectivity index is 1.91. The highest BCUT2D eigenvalue weighted by molar-refractivity contribution is 6.33. The van der Waals surface area contributed by atoms with Crippen molar-refractivity contribution in [2.45, 2.75) is 13.8 Å². The van der Waals surface area contributed by atoms with E-state index in [0.29, 0.717) is 16.3 Å². The zero-order valence-corrected chi connectivity index (χ0v) is 13.1. The molecule has 1 amide bonds. The molecule has 0 unspecified atom stereocenters. The number of carbonyl (C=O) groups excluding carboxylic acids is 2. The third kappa shape index (κ3) is 4.33. The Morgan fingerprint density at radius 1 is 1.09 bits per heavy atom. The number of hydrogen-bond acceptors (Lipinski definition) is 3. The van der Waals surface area contributed by atoms with Gasteiger partial charge in [-0.2, -0.15) is 0 Å². The Morgan fingerprint density at radius 3 is 2.50 bits per heavy atom. The molecule has 22 heavy (non-hydrogen) atoms. The molecule has 0 spiro atoms. The lowest BCUT2D eigenvalue weighted by molar-refractivity contribution is -0.119. The zero-order chi connectivity index (χ0) is 16.1. The van der Waals surface area contributed by atoms with Crippen molar-refractivity contribution in [2.75, 3.05) is 11.9 Å². The first-order valence-corrected chi connectivity index (χ1v) is 7.13. The van der Waals surface area contributed by atoms with Crippen LogP contribution in [0.3, 0.4) is 0 Å². The SMILES string of the molecule is Cc1cccc(C(=O)OCC(=O)Nc2ccc(C)cc2Cl)c1. The number of rotatable bonds is 4. The number of anilines is 1. The molecule has 114 valence electrons. The van der Waals surface area contributed by atoms with Gasteiger partial charge in [0.05, 0.1) is 16.3 Å². The summed E-state index contributed by atoms with van der Waals surface area (Å²) in [6, 6.07) is 12.3. The Labute approximate surface area is 134 Å². The van der Waals surface area contributed by atoms with Gasteiger partial charge in [0.1, 0.15) is 0 Å². The molecule has 0 saturated heterocycles. The van der Waals surface area contributed by atoms with Gasteiger partial charge in [-0.3, -0.25) is 4.79 Å². The van der Waals surface area contributed by atoms with Crippen LogP contribution in [0.25, 0.3) is 0 Å². The van der Waals surface area contributed by atoms with Crippen molar-refractivity contribution in [3.05, 3.63) is 64.2 Å². The van der Waals surface area contributed by atoms with E-state index in [4.69, 9.17) is 16.3 Å². The molecule has 4 nitrogen and oxygen atoms in total. The molecule has 0 bridgehead atoms. The summed E-state index contributed by atoms with van der Waals surface area (Å²) >= 11 is 6.03. The van der Waals surface area contributed by atoms with Crippen molar-refractivity contribution in [3.8, 4) is 0 Å². The van der Waals surface area contributed by atoms with E-state index in [1.54, 1.807) is 30.3 Å². The minimum absolute atomic E-state index is 0.364. The van der Waals surface area contributed by atoms with Crippen molar-refractivity contribution in [3.63, 3.8) is 0 Å². The van der Waals surface area contributed by atoms with Crippen LogP contribution in [0, 0.1) is 13.8 Å². The Kier molecular flexibility index (Phi) is 5.17. The van der Waals surface area contributed by atoms with E-state index in [1.807, 2.05) is 26.0 Å². The number of aryl methyl sites for hydroxylation is 2. The topological polar surface area (TPSA) is 55.4 Å². The number of amides is 1. The van der Waals surface area contributed by atoms with Gasteiger partial charge in [-0.15, -0.1) is 0 Å². The van der Waals surface area contributed by atoms with Crippen molar-refractivity contribution in [1.82, 2.24) is 0 Å². The van der Waals surface area contributed by atoms with Gasteiger partial charge in [0, 0.05) is 0 Å². The first-order valence-electron chi connectivity index (χ1n) is 6.75. The number of nitrogens with one attached hydrogen (secondary N) is 1. The molecule has 1 N–H and O–H groups in total. The number of benzene rings is 2. The van der Waals surface area contributed by atoms with E-state index in [2.05, 4.69) is 5.32 Å². The van der Waals surface area contributed by atoms with Crippen molar-refractivity contribution >= 4 is 29.2 Å². The molecule has 0 saturated carbocycles. The summed E-state index contributed by atoms with van der Waals surface area (Å²) in [5.41, 5.74) is 2.85. The largest absolute Gasteiger partial charge is 0.452 e. The second-order valence-corrected chi connectivity index (χ2v) is 5.38. The van der Waals surface area contributed by atoms with Crippen LogP contribution < -0.4 is 5.32 Å². The molecule has 0 aromatic heterocycles. The molecule has 5 heteroatoms. The molecule has 2 aromatic carbocycles. The fourth-order valence-corrected chi connectivity index (χ4v) is 2.18. The Morgan fingerprint density at radius 2 is 1.82 bits per heavy atom. The molecule has 2 aromatic rings. The summed E-state index contributed by atoms with van der Waals surface area (Å²) in [4.78, 5) is 23.6. The average molecular weight is 318 g/mol. The minimum atomic E-state index is -0.533. The van der Waals surface area contributed by atoms with E-state index in [1.165, 1.54) is 0 Å². The van der Waals surface area contributed by atoms with Crippen LogP contribution in [-0.2, 0) is 9.53 Å². The van der Waals surface area contributed by atoms with Gasteiger partial charge < -0.3 is 10.1 Å². The zero-order valence-electron chi connectivity index (χ0n) is 12.4. The van der Waals surface area contributed by atoms with Crippen LogP contribution in [-0.4, -0.2) is 18.5 Å². The monoisotopic (exact) mass is 317 g/mol. The Bertz CT molecular complexity index is 713. The lowest BCUT2D eigenvalue weighted by atomic mass is 10.1. The number of ether oxygens (including phenoxy) is 1. The summed E-state index contributed by atoms with van der Waals surface area (Å²) in [6.07, 6.45) is 0. The lowest BCUT2D eigenvalue weighted by Gasteiger charge is -2.09. The molecule has 0 aliphatic carbocycles. The molecule has 0 fully saturated rings. The fraction of sp³-hybridized carbons (Fsp3) is 0.176. The van der Waals surface area contributed by atoms with Crippen molar-refractivity contribution in [1.29, 1.82) is 0 Å². The van der Waals surface area contributed by atoms with Crippen LogP contribution in [0.4, 0.5) is 5.69 Å². The maximum Gasteiger partial charge on any atom is 0.338 e. The second kappa shape index (κ2) is 7.09. The first-order chi connectivity index (χ1) is 10.5. The van der Waals surface area contributed by atoms with Gasteiger partial charge in [-0.25, -0.2) is 4.79 Å². The summed E-state index contributed by atoms with van der Waals surface area (Å²) in [6.45, 7) is 3.42. The highest BCUT2D eigenvalue weighted by Gasteiger charge is 2.11. The third-order valence-corrected chi connectivity index (χ3v) is 3.30. The third-order valence-electron chi connectivity index (χ3n) is 2.99. The molecular weight excluding hydrogens is 302 g/mol. The molecular formula is C17H16ClNO3. The number of hydrogen-bond donors (Lipinski definition) is 1. The first kappa shape index (κ1) is 16.0. The van der Waals surface area contributed by atoms with E-state index in [9.17, 15) is 9.59 Å². The van der Waals surface area contributed by atoms with Gasteiger partial charge in [0.15, 0.2) is 6.61 Å². The molecule has 2 rings (SSSR count). The van der Waals surface area contributed by atoms with Gasteiger partial charge in [0.25, 0.3) is 5.91 Å². The van der Waals surface area contributed by atoms with Crippen molar-refractivity contribution < 1.29 is 14.3 Å². The second-order valence-electron chi connectivity index (χ2n) is 4.98. The van der Waals surface area contributed by atoms with Crippen LogP contribution in [0.2, 0.25) is 5.02 Å². The maximum atomic E-state index is 11.8. The van der Waals surface area contributed by atoms with Gasteiger partial charge in [0.2, 0.25) is 0 Å². The normalized spacial score (nSPS) is 10.1. The lowest BCUT2D eigenvalue weighted by Crippen LogP contribution is -2.21. The van der Waals surface area contributed by atoms with Crippen LogP contribution >= 0.6 is 11.6 Å². The summed E-state index contributed by atoms with van der Waals surface area (Å²) in [5, 5.41) is 3.05. The standard InChI is InChI=1S/C17H16ClNO3/c1-11-4-3-5-13(8-11)17(21)22-10-16(20)19-15-7-6-12(2)9-14(15)18/h3-9H,10H2,1-2H3,(H,19,20). The fourth-order valence-electron chi connectivity index (χ4n) is 1.89. The van der Waals surface area contributed by atoms with Crippen LogP contribution in [0.15, 0.2) is 42.5 Å². The van der Waals surface area contributed by atoms with Crippen LogP contribution in [0.1, 0.15) is 21.5 Å². The molecule has 0 heterocycles. The average Bonchev–Trinajstić information content (AvgIpc) is 2.47. The number of esters is 1. The van der Waals surface area contributed by atoms with Gasteiger partial charge >= 0.3 is 5.97 Å². The highest BCUT2D eigenvalue weighted by atomic mass is 35.5. The minimum Gasteiger partial charge on any atom is -0.452 e. The van der Waals surface area contributed by atoms with E-state index >= 15 is 0 Å². The van der Waals surface area contributed by atoms with Gasteiger partial charge in [-0.05, 0) is 43.7 Å². The maximum absolute atomic E-state index is 11.8. The smallest absolute Gasteiger partial charge is 0.338 e. The number of halogens is 1. The van der Waals surface area contributed by atoms with E-state index < -0.39 is 11.9 Å². The molecule has 0 aliphatic heterocycles. The predicted molar refractivity (Wildman–Crippen MR) is 86.3 cm³/mol. The molecule has 0 radical (unpaired) electrons. The summed E-state index contributed by atoms with van der Waals surface area (Å²) in [5.74, 6) is -0.972. The molecule has 0 atom stereocenters. The van der Waals surface area contributed by atoms with E-state index in [0.717, 1.165) is 11.1 Å². The quantitative estimate of drug-likeness (QED) is 0.874. The van der Waals surface area contributed by atoms with Crippen LogP contribution in [0.5, 0.6) is 0 Å².